The molecule has 0 saturated carbocycles. The number of hydrogen-bond donors (Lipinski definition) is 1. The molecule has 0 radical (unpaired) electrons. The molecule has 0 spiro atoms. The highest BCUT2D eigenvalue weighted by Gasteiger charge is 2.16. The number of aromatic nitrogens is 3. The van der Waals surface area contributed by atoms with Crippen molar-refractivity contribution in [1.82, 2.24) is 19.5 Å². The number of pyridine rings is 1. The van der Waals surface area contributed by atoms with Crippen LogP contribution >= 0.6 is 11.8 Å². The molecule has 3 heterocycles. The molecule has 2 aromatic heterocycles. The van der Waals surface area contributed by atoms with Crippen LogP contribution in [0.5, 0.6) is 0 Å². The molecular weight excluding hydrogens is 362 g/mol. The SMILES string of the molecule is CSc1ccccc1-c1ccc2nc(NC(=O)CN3CCOCC3)nn2c1. The Bertz CT molecular complexity index is 952. The van der Waals surface area contributed by atoms with Gasteiger partial charge in [0.15, 0.2) is 5.65 Å². The zero-order valence-electron chi connectivity index (χ0n) is 15.1. The van der Waals surface area contributed by atoms with E-state index in [0.717, 1.165) is 24.2 Å². The van der Waals surface area contributed by atoms with E-state index >= 15 is 0 Å². The van der Waals surface area contributed by atoms with Gasteiger partial charge in [-0.05, 0) is 30.0 Å². The maximum absolute atomic E-state index is 12.2. The van der Waals surface area contributed by atoms with Crippen molar-refractivity contribution in [3.05, 3.63) is 42.6 Å². The van der Waals surface area contributed by atoms with Gasteiger partial charge in [-0.1, -0.05) is 18.2 Å². The van der Waals surface area contributed by atoms with Crippen molar-refractivity contribution in [2.45, 2.75) is 4.90 Å². The number of carbonyl (C=O) groups is 1. The zero-order chi connectivity index (χ0) is 18.6. The quantitative estimate of drug-likeness (QED) is 0.682. The number of hydrogen-bond acceptors (Lipinski definition) is 6. The maximum atomic E-state index is 12.2. The van der Waals surface area contributed by atoms with Crippen LogP contribution in [-0.4, -0.2) is 64.5 Å². The third-order valence-corrected chi connectivity index (χ3v) is 5.27. The van der Waals surface area contributed by atoms with Gasteiger partial charge >= 0.3 is 0 Å². The van der Waals surface area contributed by atoms with Crippen LogP contribution < -0.4 is 5.32 Å². The standard InChI is InChI=1S/C19H21N5O2S/c1-27-16-5-3-2-4-15(16)14-6-7-17-20-19(22-24(17)12-14)21-18(25)13-23-8-10-26-11-9-23/h2-7,12H,8-11,13H2,1H3,(H,21,22,25). The first kappa shape index (κ1) is 18.0. The van der Waals surface area contributed by atoms with Gasteiger partial charge in [-0.2, -0.15) is 4.98 Å². The van der Waals surface area contributed by atoms with Crippen LogP contribution in [0.2, 0.25) is 0 Å². The van der Waals surface area contributed by atoms with Crippen molar-refractivity contribution in [1.29, 1.82) is 0 Å². The molecule has 8 heteroatoms. The second-order valence-electron chi connectivity index (χ2n) is 6.29. The van der Waals surface area contributed by atoms with Crippen LogP contribution in [0.15, 0.2) is 47.5 Å². The number of benzene rings is 1. The summed E-state index contributed by atoms with van der Waals surface area (Å²) < 4.78 is 7.01. The molecule has 1 saturated heterocycles. The van der Waals surface area contributed by atoms with Gasteiger partial charge in [0.05, 0.1) is 19.8 Å². The Hall–Kier alpha value is -2.42. The minimum Gasteiger partial charge on any atom is -0.379 e. The summed E-state index contributed by atoms with van der Waals surface area (Å²) in [7, 11) is 0. The predicted octanol–water partition coefficient (Wildman–Crippen LogP) is 2.39. The fraction of sp³-hybridized carbons (Fsp3) is 0.316. The third kappa shape index (κ3) is 4.13. The summed E-state index contributed by atoms with van der Waals surface area (Å²) in [5.74, 6) is 0.212. The lowest BCUT2D eigenvalue weighted by molar-refractivity contribution is -0.118. The van der Waals surface area contributed by atoms with E-state index in [-0.39, 0.29) is 5.91 Å². The average molecular weight is 383 g/mol. The fourth-order valence-corrected chi connectivity index (χ4v) is 3.73. The number of ether oxygens (including phenoxy) is 1. The second-order valence-corrected chi connectivity index (χ2v) is 7.14. The van der Waals surface area contributed by atoms with Gasteiger partial charge in [-0.15, -0.1) is 16.9 Å². The largest absolute Gasteiger partial charge is 0.379 e. The lowest BCUT2D eigenvalue weighted by Crippen LogP contribution is -2.41. The molecule has 1 fully saturated rings. The van der Waals surface area contributed by atoms with Gasteiger partial charge < -0.3 is 4.74 Å². The molecule has 0 aliphatic carbocycles. The van der Waals surface area contributed by atoms with E-state index in [0.29, 0.717) is 31.4 Å². The first-order valence-electron chi connectivity index (χ1n) is 8.83. The lowest BCUT2D eigenvalue weighted by atomic mass is 10.1. The molecule has 0 atom stereocenters. The molecule has 1 aliphatic rings. The first-order valence-corrected chi connectivity index (χ1v) is 10.1. The molecular formula is C19H21N5O2S. The number of fused-ring (bicyclic) bond motifs is 1. The molecule has 0 unspecified atom stereocenters. The molecule has 7 nitrogen and oxygen atoms in total. The summed E-state index contributed by atoms with van der Waals surface area (Å²) in [6.07, 6.45) is 4.00. The number of rotatable bonds is 5. The van der Waals surface area contributed by atoms with E-state index in [4.69, 9.17) is 4.74 Å². The van der Waals surface area contributed by atoms with Crippen molar-refractivity contribution in [3.8, 4) is 11.1 Å². The van der Waals surface area contributed by atoms with Crippen molar-refractivity contribution in [2.24, 2.45) is 0 Å². The topological polar surface area (TPSA) is 71.8 Å². The Kier molecular flexibility index (Phi) is 5.38. The van der Waals surface area contributed by atoms with Crippen molar-refractivity contribution < 1.29 is 9.53 Å². The average Bonchev–Trinajstić information content (AvgIpc) is 3.09. The monoisotopic (exact) mass is 383 g/mol. The van der Waals surface area contributed by atoms with E-state index in [2.05, 4.69) is 38.7 Å². The Balaban J connectivity index is 1.51. The Morgan fingerprint density at radius 3 is 2.85 bits per heavy atom. The summed E-state index contributed by atoms with van der Waals surface area (Å²) in [6, 6.07) is 12.2. The first-order chi connectivity index (χ1) is 13.2. The van der Waals surface area contributed by atoms with Gasteiger partial charge in [-0.25, -0.2) is 4.52 Å². The summed E-state index contributed by atoms with van der Waals surface area (Å²) in [5.41, 5.74) is 2.91. The Labute approximate surface area is 161 Å². The van der Waals surface area contributed by atoms with Gasteiger partial charge in [0.1, 0.15) is 0 Å². The van der Waals surface area contributed by atoms with Crippen LogP contribution in [0.4, 0.5) is 5.95 Å². The summed E-state index contributed by atoms with van der Waals surface area (Å²) in [6.45, 7) is 3.19. The number of morpholine rings is 1. The minimum atomic E-state index is -0.110. The molecule has 1 aliphatic heterocycles. The molecule has 1 amide bonds. The maximum Gasteiger partial charge on any atom is 0.249 e. The van der Waals surface area contributed by atoms with Crippen LogP contribution in [0.1, 0.15) is 0 Å². The molecule has 1 aromatic carbocycles. The fourth-order valence-electron chi connectivity index (χ4n) is 3.11. The van der Waals surface area contributed by atoms with E-state index in [1.54, 1.807) is 16.3 Å². The summed E-state index contributed by atoms with van der Waals surface area (Å²) in [4.78, 5) is 19.9. The Morgan fingerprint density at radius 2 is 2.04 bits per heavy atom. The lowest BCUT2D eigenvalue weighted by Gasteiger charge is -2.25. The van der Waals surface area contributed by atoms with Crippen LogP contribution in [-0.2, 0) is 9.53 Å². The van der Waals surface area contributed by atoms with Crippen LogP contribution in [0.3, 0.4) is 0 Å². The van der Waals surface area contributed by atoms with Crippen LogP contribution in [0.25, 0.3) is 16.8 Å². The number of nitrogens with one attached hydrogen (secondary N) is 1. The van der Waals surface area contributed by atoms with Gasteiger partial charge in [0.25, 0.3) is 0 Å². The number of carbonyl (C=O) groups excluding carboxylic acids is 1. The minimum absolute atomic E-state index is 0.110. The highest BCUT2D eigenvalue weighted by atomic mass is 32.2. The van der Waals surface area contributed by atoms with E-state index < -0.39 is 0 Å². The van der Waals surface area contributed by atoms with E-state index in [9.17, 15) is 4.79 Å². The number of nitrogens with zero attached hydrogens (tertiary/aromatic N) is 4. The highest BCUT2D eigenvalue weighted by molar-refractivity contribution is 7.98. The van der Waals surface area contributed by atoms with Crippen LogP contribution in [0, 0.1) is 0 Å². The van der Waals surface area contributed by atoms with E-state index in [1.807, 2.05) is 30.5 Å². The van der Waals surface area contributed by atoms with Crippen molar-refractivity contribution in [2.75, 3.05) is 44.4 Å². The molecule has 27 heavy (non-hydrogen) atoms. The van der Waals surface area contributed by atoms with Crippen molar-refractivity contribution in [3.63, 3.8) is 0 Å². The smallest absolute Gasteiger partial charge is 0.249 e. The number of thioether (sulfide) groups is 1. The van der Waals surface area contributed by atoms with E-state index in [1.165, 1.54) is 4.90 Å². The Morgan fingerprint density at radius 1 is 1.22 bits per heavy atom. The highest BCUT2D eigenvalue weighted by Crippen LogP contribution is 2.30. The number of amides is 1. The predicted molar refractivity (Wildman–Crippen MR) is 106 cm³/mol. The molecule has 140 valence electrons. The third-order valence-electron chi connectivity index (χ3n) is 4.47. The van der Waals surface area contributed by atoms with Crippen molar-refractivity contribution >= 4 is 29.3 Å². The molecule has 1 N–H and O–H groups in total. The second kappa shape index (κ2) is 8.08. The summed E-state index contributed by atoms with van der Waals surface area (Å²) in [5, 5.41) is 7.20. The van der Waals surface area contributed by atoms with Gasteiger partial charge in [-0.3, -0.25) is 15.0 Å². The molecule has 4 rings (SSSR count). The van der Waals surface area contributed by atoms with Gasteiger partial charge in [0.2, 0.25) is 11.9 Å². The zero-order valence-corrected chi connectivity index (χ0v) is 15.9. The normalized spacial score (nSPS) is 15.1. The summed E-state index contributed by atoms with van der Waals surface area (Å²) >= 11 is 1.71. The van der Waals surface area contributed by atoms with Gasteiger partial charge in [0, 0.05) is 29.7 Å². The molecule has 3 aromatic rings. The number of anilines is 1. The molecule has 0 bridgehead atoms.